The molecule has 0 radical (unpaired) electrons. The Balaban J connectivity index is 2.26. The lowest BCUT2D eigenvalue weighted by molar-refractivity contribution is -0.122. The van der Waals surface area contributed by atoms with Crippen molar-refractivity contribution in [2.45, 2.75) is 26.7 Å². The topological polar surface area (TPSA) is 37.4 Å². The minimum atomic E-state index is -0.146. The van der Waals surface area contributed by atoms with E-state index in [-0.39, 0.29) is 23.7 Å². The third kappa shape index (κ3) is 2.09. The van der Waals surface area contributed by atoms with Crippen molar-refractivity contribution in [3.05, 3.63) is 30.3 Å². The van der Waals surface area contributed by atoms with Crippen molar-refractivity contribution in [3.63, 3.8) is 0 Å². The molecule has 17 heavy (non-hydrogen) atoms. The van der Waals surface area contributed by atoms with Gasteiger partial charge in [-0.2, -0.15) is 0 Å². The Bertz CT molecular complexity index is 427. The molecule has 2 unspecified atom stereocenters. The van der Waals surface area contributed by atoms with Crippen LogP contribution in [0.3, 0.4) is 0 Å². The Kier molecular flexibility index (Phi) is 3.27. The number of para-hydroxylation sites is 1. The number of hydrogen-bond donors (Lipinski definition) is 0. The minimum Gasteiger partial charge on any atom is -0.274 e. The summed E-state index contributed by atoms with van der Waals surface area (Å²) in [5, 5.41) is 0. The first-order chi connectivity index (χ1) is 8.15. The zero-order valence-corrected chi connectivity index (χ0v) is 10.2. The highest BCUT2D eigenvalue weighted by molar-refractivity contribution is 6.20. The number of nitrogens with zero attached hydrogens (tertiary/aromatic N) is 1. The molecular formula is C14H17NO2. The van der Waals surface area contributed by atoms with Gasteiger partial charge in [0.05, 0.1) is 11.6 Å². The second-order valence-electron chi connectivity index (χ2n) is 4.60. The molecule has 0 bridgehead atoms. The second kappa shape index (κ2) is 4.70. The SMILES string of the molecule is CCC(C)C1CC(=O)N(c2ccccc2)C1=O. The van der Waals surface area contributed by atoms with Crippen molar-refractivity contribution in [1.82, 2.24) is 0 Å². The standard InChI is InChI=1S/C14H17NO2/c1-3-10(2)12-9-13(16)15(14(12)17)11-7-5-4-6-8-11/h4-8,10,12H,3,9H2,1-2H3. The van der Waals surface area contributed by atoms with E-state index in [4.69, 9.17) is 0 Å². The van der Waals surface area contributed by atoms with Gasteiger partial charge in [-0.15, -0.1) is 0 Å². The first-order valence-electron chi connectivity index (χ1n) is 6.07. The van der Waals surface area contributed by atoms with Gasteiger partial charge < -0.3 is 0 Å². The zero-order chi connectivity index (χ0) is 12.4. The van der Waals surface area contributed by atoms with Crippen LogP contribution in [0.2, 0.25) is 0 Å². The van der Waals surface area contributed by atoms with Gasteiger partial charge in [0.2, 0.25) is 11.8 Å². The maximum absolute atomic E-state index is 12.2. The van der Waals surface area contributed by atoms with Gasteiger partial charge in [0, 0.05) is 6.42 Å². The molecule has 2 rings (SSSR count). The number of imide groups is 1. The van der Waals surface area contributed by atoms with Crippen LogP contribution < -0.4 is 4.90 Å². The maximum Gasteiger partial charge on any atom is 0.237 e. The van der Waals surface area contributed by atoms with E-state index in [1.54, 1.807) is 12.1 Å². The minimum absolute atomic E-state index is 0.0458. The highest BCUT2D eigenvalue weighted by atomic mass is 16.2. The Morgan fingerprint density at radius 1 is 1.29 bits per heavy atom. The molecule has 0 aliphatic carbocycles. The summed E-state index contributed by atoms with van der Waals surface area (Å²) in [7, 11) is 0. The van der Waals surface area contributed by atoms with Crippen LogP contribution in [-0.4, -0.2) is 11.8 Å². The smallest absolute Gasteiger partial charge is 0.237 e. The number of benzene rings is 1. The predicted molar refractivity (Wildman–Crippen MR) is 66.5 cm³/mol. The lowest BCUT2D eigenvalue weighted by atomic mass is 9.90. The molecule has 3 nitrogen and oxygen atoms in total. The summed E-state index contributed by atoms with van der Waals surface area (Å²) >= 11 is 0. The van der Waals surface area contributed by atoms with Crippen LogP contribution in [0.5, 0.6) is 0 Å². The van der Waals surface area contributed by atoms with Crippen molar-refractivity contribution in [3.8, 4) is 0 Å². The van der Waals surface area contributed by atoms with Gasteiger partial charge in [-0.1, -0.05) is 38.5 Å². The lowest BCUT2D eigenvalue weighted by Gasteiger charge is -2.17. The third-order valence-electron chi connectivity index (χ3n) is 3.53. The molecule has 90 valence electrons. The summed E-state index contributed by atoms with van der Waals surface area (Å²) in [6, 6.07) is 9.16. The summed E-state index contributed by atoms with van der Waals surface area (Å²) in [5.41, 5.74) is 0.688. The van der Waals surface area contributed by atoms with Crippen molar-refractivity contribution >= 4 is 17.5 Å². The highest BCUT2D eigenvalue weighted by Gasteiger charge is 2.41. The Morgan fingerprint density at radius 3 is 2.53 bits per heavy atom. The largest absolute Gasteiger partial charge is 0.274 e. The van der Waals surface area contributed by atoms with Crippen LogP contribution in [0.1, 0.15) is 26.7 Å². The Hall–Kier alpha value is -1.64. The molecule has 1 aliphatic heterocycles. The van der Waals surface area contributed by atoms with E-state index in [1.165, 1.54) is 4.90 Å². The summed E-state index contributed by atoms with van der Waals surface area (Å²) in [6.07, 6.45) is 1.27. The van der Waals surface area contributed by atoms with E-state index in [1.807, 2.05) is 32.0 Å². The van der Waals surface area contributed by atoms with Crippen LogP contribution >= 0.6 is 0 Å². The van der Waals surface area contributed by atoms with Gasteiger partial charge in [-0.25, -0.2) is 0 Å². The number of rotatable bonds is 3. The summed E-state index contributed by atoms with van der Waals surface area (Å²) in [4.78, 5) is 25.5. The van der Waals surface area contributed by atoms with Crippen molar-refractivity contribution < 1.29 is 9.59 Å². The van der Waals surface area contributed by atoms with E-state index < -0.39 is 0 Å². The Morgan fingerprint density at radius 2 is 1.94 bits per heavy atom. The van der Waals surface area contributed by atoms with Crippen LogP contribution in [-0.2, 0) is 9.59 Å². The molecule has 1 saturated heterocycles. The van der Waals surface area contributed by atoms with Crippen molar-refractivity contribution in [2.75, 3.05) is 4.90 Å². The van der Waals surface area contributed by atoms with Crippen LogP contribution in [0.25, 0.3) is 0 Å². The van der Waals surface area contributed by atoms with Gasteiger partial charge in [0.15, 0.2) is 0 Å². The molecule has 2 amide bonds. The molecule has 0 aromatic heterocycles. The maximum atomic E-state index is 12.2. The van der Waals surface area contributed by atoms with E-state index in [0.29, 0.717) is 12.1 Å². The monoisotopic (exact) mass is 231 g/mol. The van der Waals surface area contributed by atoms with E-state index in [0.717, 1.165) is 6.42 Å². The molecule has 2 atom stereocenters. The van der Waals surface area contributed by atoms with Gasteiger partial charge in [0.1, 0.15) is 0 Å². The predicted octanol–water partition coefficient (Wildman–Crippen LogP) is 2.61. The number of hydrogen-bond acceptors (Lipinski definition) is 2. The number of carbonyl (C=O) groups excluding carboxylic acids is 2. The van der Waals surface area contributed by atoms with Gasteiger partial charge in [0.25, 0.3) is 0 Å². The number of carbonyl (C=O) groups is 2. The van der Waals surface area contributed by atoms with E-state index in [9.17, 15) is 9.59 Å². The molecule has 1 aliphatic rings. The average molecular weight is 231 g/mol. The fourth-order valence-electron chi connectivity index (χ4n) is 2.23. The van der Waals surface area contributed by atoms with Crippen molar-refractivity contribution in [2.24, 2.45) is 11.8 Å². The van der Waals surface area contributed by atoms with E-state index in [2.05, 4.69) is 0 Å². The molecule has 1 heterocycles. The third-order valence-corrected chi connectivity index (χ3v) is 3.53. The summed E-state index contributed by atoms with van der Waals surface area (Å²) in [6.45, 7) is 4.08. The van der Waals surface area contributed by atoms with E-state index >= 15 is 0 Å². The van der Waals surface area contributed by atoms with Gasteiger partial charge in [-0.05, 0) is 18.1 Å². The molecule has 1 fully saturated rings. The van der Waals surface area contributed by atoms with Gasteiger partial charge in [-0.3, -0.25) is 14.5 Å². The first-order valence-corrected chi connectivity index (χ1v) is 6.07. The molecule has 0 spiro atoms. The fourth-order valence-corrected chi connectivity index (χ4v) is 2.23. The molecule has 3 heteroatoms. The summed E-state index contributed by atoms with van der Waals surface area (Å²) in [5.74, 6) is -0.00471. The van der Waals surface area contributed by atoms with Crippen LogP contribution in [0, 0.1) is 11.8 Å². The fraction of sp³-hybridized carbons (Fsp3) is 0.429. The quantitative estimate of drug-likeness (QED) is 0.750. The molecular weight excluding hydrogens is 214 g/mol. The second-order valence-corrected chi connectivity index (χ2v) is 4.60. The molecule has 1 aromatic carbocycles. The van der Waals surface area contributed by atoms with Crippen LogP contribution in [0.15, 0.2) is 30.3 Å². The molecule has 0 N–H and O–H groups in total. The zero-order valence-electron chi connectivity index (χ0n) is 10.2. The van der Waals surface area contributed by atoms with Crippen molar-refractivity contribution in [1.29, 1.82) is 0 Å². The molecule has 0 saturated carbocycles. The average Bonchev–Trinajstić information content (AvgIpc) is 2.65. The first kappa shape index (κ1) is 11.8. The number of amides is 2. The summed E-state index contributed by atoms with van der Waals surface area (Å²) < 4.78 is 0. The van der Waals surface area contributed by atoms with Gasteiger partial charge >= 0.3 is 0 Å². The lowest BCUT2D eigenvalue weighted by Crippen LogP contribution is -2.31. The normalized spacial score (nSPS) is 22.0. The van der Waals surface area contributed by atoms with Crippen LogP contribution in [0.4, 0.5) is 5.69 Å². The Labute approximate surface area is 101 Å². The molecule has 1 aromatic rings. The highest BCUT2D eigenvalue weighted by Crippen LogP contribution is 2.31. The number of anilines is 1.